The molecule has 1 saturated heterocycles. The molecule has 10 nitrogen and oxygen atoms in total. The van der Waals surface area contributed by atoms with Crippen molar-refractivity contribution in [1.82, 2.24) is 29.8 Å². The summed E-state index contributed by atoms with van der Waals surface area (Å²) in [7, 11) is 0. The van der Waals surface area contributed by atoms with Crippen molar-refractivity contribution in [2.24, 2.45) is 11.7 Å². The molecular formula is C26H30F2N8O2. The number of fused-ring (bicyclic) bond motifs is 1. The second kappa shape index (κ2) is 9.75. The lowest BCUT2D eigenvalue weighted by Gasteiger charge is -2.31. The molecule has 0 radical (unpaired) electrons. The fourth-order valence-corrected chi connectivity index (χ4v) is 5.27. The number of hydrogen-bond acceptors (Lipinski definition) is 7. The molecule has 5 rings (SSSR count). The van der Waals surface area contributed by atoms with Gasteiger partial charge in [-0.2, -0.15) is 10.2 Å². The van der Waals surface area contributed by atoms with Crippen LogP contribution in [-0.2, 0) is 4.79 Å². The number of nitrogens with zero attached hydrogens (tertiary/aromatic N) is 6. The standard InChI is InChI=1S/C26H30F2N8O2/c1-14(2)12-26(29,25(37)38)15(3)22-32-23(34-33-22)18-13-30-36-10-8-21(31-24(18)36)35-9-4-5-20(35)17-11-16(27)6-7-19(17)28/h6-8,10-11,13-15,20H,4-5,9,12,29H2,1-3H3,(H,37,38)(H,32,33,34)/t15-,20-,26+/m1/s1. The van der Waals surface area contributed by atoms with Crippen molar-refractivity contribution >= 4 is 17.4 Å². The van der Waals surface area contributed by atoms with E-state index in [1.807, 2.05) is 18.7 Å². The molecule has 0 unspecified atom stereocenters. The first-order valence-electron chi connectivity index (χ1n) is 12.6. The van der Waals surface area contributed by atoms with E-state index in [1.54, 1.807) is 29.9 Å². The SMILES string of the molecule is CC(C)C[C@@](N)(C(=O)O)[C@H](C)c1nc(-c2cnn3ccc(N4CCC[C@@H]4c4cc(F)ccc4F)nc23)n[nH]1. The van der Waals surface area contributed by atoms with Crippen molar-refractivity contribution in [1.29, 1.82) is 0 Å². The topological polar surface area (TPSA) is 138 Å². The lowest BCUT2D eigenvalue weighted by Crippen LogP contribution is -2.53. The summed E-state index contributed by atoms with van der Waals surface area (Å²) in [6, 6.07) is 4.94. The number of hydrogen-bond donors (Lipinski definition) is 3. The average molecular weight is 525 g/mol. The van der Waals surface area contributed by atoms with Crippen molar-refractivity contribution in [2.45, 2.75) is 57.5 Å². The molecule has 0 bridgehead atoms. The van der Waals surface area contributed by atoms with Crippen LogP contribution in [0.1, 0.15) is 63.4 Å². The lowest BCUT2D eigenvalue weighted by molar-refractivity contribution is -0.145. The van der Waals surface area contributed by atoms with Crippen LogP contribution < -0.4 is 10.6 Å². The normalized spacial score (nSPS) is 18.3. The van der Waals surface area contributed by atoms with E-state index in [4.69, 9.17) is 10.7 Å². The molecule has 0 saturated carbocycles. The van der Waals surface area contributed by atoms with Crippen molar-refractivity contribution in [2.75, 3.05) is 11.4 Å². The van der Waals surface area contributed by atoms with Crippen molar-refractivity contribution in [3.8, 4) is 11.4 Å². The highest BCUT2D eigenvalue weighted by Gasteiger charge is 2.43. The monoisotopic (exact) mass is 524 g/mol. The molecule has 200 valence electrons. The minimum Gasteiger partial charge on any atom is -0.480 e. The van der Waals surface area contributed by atoms with Crippen molar-refractivity contribution in [3.63, 3.8) is 0 Å². The zero-order valence-corrected chi connectivity index (χ0v) is 21.4. The molecule has 1 aliphatic heterocycles. The van der Waals surface area contributed by atoms with Crippen LogP contribution in [0.4, 0.5) is 14.6 Å². The van der Waals surface area contributed by atoms with Gasteiger partial charge in [-0.15, -0.1) is 0 Å². The first kappa shape index (κ1) is 25.7. The summed E-state index contributed by atoms with van der Waals surface area (Å²) in [5.74, 6) is -1.36. The maximum Gasteiger partial charge on any atom is 0.324 e. The van der Waals surface area contributed by atoms with E-state index in [0.29, 0.717) is 47.2 Å². The van der Waals surface area contributed by atoms with Crippen LogP contribution in [0.3, 0.4) is 0 Å². The number of carboxylic acid groups (broad SMARTS) is 1. The maximum atomic E-state index is 14.6. The van der Waals surface area contributed by atoms with Crippen LogP contribution in [0.15, 0.2) is 36.7 Å². The van der Waals surface area contributed by atoms with Gasteiger partial charge in [-0.1, -0.05) is 20.8 Å². The fourth-order valence-electron chi connectivity index (χ4n) is 5.27. The molecular weight excluding hydrogens is 494 g/mol. The van der Waals surface area contributed by atoms with Gasteiger partial charge in [0, 0.05) is 24.2 Å². The van der Waals surface area contributed by atoms with Gasteiger partial charge in [-0.05, 0) is 49.4 Å². The Morgan fingerprint density at radius 2 is 2.05 bits per heavy atom. The molecule has 1 fully saturated rings. The number of H-pyrrole nitrogens is 1. The van der Waals surface area contributed by atoms with Gasteiger partial charge < -0.3 is 15.7 Å². The number of aromatic amines is 1. The van der Waals surface area contributed by atoms with E-state index in [-0.39, 0.29) is 18.4 Å². The highest BCUT2D eigenvalue weighted by Crippen LogP contribution is 2.37. The minimum absolute atomic E-state index is 0.0680. The van der Waals surface area contributed by atoms with Gasteiger partial charge in [-0.25, -0.2) is 23.3 Å². The van der Waals surface area contributed by atoms with Gasteiger partial charge in [0.25, 0.3) is 0 Å². The Labute approximate surface area is 217 Å². The summed E-state index contributed by atoms with van der Waals surface area (Å²) in [6.45, 7) is 6.18. The van der Waals surface area contributed by atoms with Crippen LogP contribution in [0.25, 0.3) is 17.0 Å². The number of carboxylic acids is 1. The van der Waals surface area contributed by atoms with Crippen LogP contribution in [0.2, 0.25) is 0 Å². The zero-order chi connectivity index (χ0) is 27.2. The van der Waals surface area contributed by atoms with Gasteiger partial charge in [-0.3, -0.25) is 9.89 Å². The zero-order valence-electron chi connectivity index (χ0n) is 21.4. The van der Waals surface area contributed by atoms with Crippen LogP contribution in [0.5, 0.6) is 0 Å². The third-order valence-corrected chi connectivity index (χ3v) is 7.29. The number of nitrogens with two attached hydrogens (primary N) is 1. The smallest absolute Gasteiger partial charge is 0.324 e. The molecule has 3 atom stereocenters. The molecule has 0 spiro atoms. The van der Waals surface area contributed by atoms with Crippen molar-refractivity contribution in [3.05, 3.63) is 59.7 Å². The number of benzene rings is 1. The number of halogens is 2. The average Bonchev–Trinajstić information content (AvgIpc) is 3.63. The number of anilines is 1. The summed E-state index contributed by atoms with van der Waals surface area (Å²) < 4.78 is 30.1. The molecule has 38 heavy (non-hydrogen) atoms. The second-order valence-corrected chi connectivity index (χ2v) is 10.3. The Morgan fingerprint density at radius 1 is 1.26 bits per heavy atom. The van der Waals surface area contributed by atoms with Gasteiger partial charge in [0.2, 0.25) is 0 Å². The van der Waals surface area contributed by atoms with Gasteiger partial charge >= 0.3 is 5.97 Å². The van der Waals surface area contributed by atoms with Gasteiger partial charge in [0.1, 0.15) is 28.8 Å². The Balaban J connectivity index is 1.48. The highest BCUT2D eigenvalue weighted by atomic mass is 19.1. The first-order valence-corrected chi connectivity index (χ1v) is 12.6. The van der Waals surface area contributed by atoms with Gasteiger partial charge in [0.05, 0.1) is 17.8 Å². The molecule has 12 heteroatoms. The Kier molecular flexibility index (Phi) is 6.59. The third kappa shape index (κ3) is 4.49. The molecule has 1 aromatic carbocycles. The highest BCUT2D eigenvalue weighted by molar-refractivity contribution is 5.80. The molecule has 1 aliphatic rings. The molecule has 4 aromatic rings. The molecule has 0 amide bonds. The van der Waals surface area contributed by atoms with Crippen LogP contribution >= 0.6 is 0 Å². The molecule has 4 heterocycles. The van der Waals surface area contributed by atoms with Crippen LogP contribution in [0, 0.1) is 17.6 Å². The summed E-state index contributed by atoms with van der Waals surface area (Å²) in [6.07, 6.45) is 5.07. The lowest BCUT2D eigenvalue weighted by atomic mass is 9.79. The van der Waals surface area contributed by atoms with Crippen LogP contribution in [-0.4, -0.2) is 52.9 Å². The molecule has 3 aromatic heterocycles. The number of rotatable bonds is 8. The number of nitrogens with one attached hydrogen (secondary N) is 1. The fraction of sp³-hybridized carbons (Fsp3) is 0.423. The van der Waals surface area contributed by atoms with E-state index < -0.39 is 29.1 Å². The largest absolute Gasteiger partial charge is 0.480 e. The van der Waals surface area contributed by atoms with E-state index in [0.717, 1.165) is 18.6 Å². The Morgan fingerprint density at radius 3 is 2.79 bits per heavy atom. The van der Waals surface area contributed by atoms with E-state index in [1.165, 1.54) is 6.07 Å². The minimum atomic E-state index is -1.52. The summed E-state index contributed by atoms with van der Waals surface area (Å²) >= 11 is 0. The van der Waals surface area contributed by atoms with Crippen molar-refractivity contribution < 1.29 is 18.7 Å². The van der Waals surface area contributed by atoms with E-state index in [9.17, 15) is 18.7 Å². The summed E-state index contributed by atoms with van der Waals surface area (Å²) in [4.78, 5) is 23.4. The predicted octanol–water partition coefficient (Wildman–Crippen LogP) is 4.07. The Bertz CT molecular complexity index is 1490. The van der Waals surface area contributed by atoms with Gasteiger partial charge in [0.15, 0.2) is 11.5 Å². The maximum absolute atomic E-state index is 14.6. The Hall–Kier alpha value is -3.93. The predicted molar refractivity (Wildman–Crippen MR) is 136 cm³/mol. The van der Waals surface area contributed by atoms with E-state index in [2.05, 4.69) is 20.3 Å². The molecule has 0 aliphatic carbocycles. The number of carbonyl (C=O) groups is 1. The quantitative estimate of drug-likeness (QED) is 0.314. The summed E-state index contributed by atoms with van der Waals surface area (Å²) in [5.41, 5.74) is 6.13. The number of aliphatic carboxylic acids is 1. The van der Waals surface area contributed by atoms with E-state index >= 15 is 0 Å². The first-order chi connectivity index (χ1) is 18.1. The molecule has 4 N–H and O–H groups in total. The number of aromatic nitrogens is 6. The third-order valence-electron chi connectivity index (χ3n) is 7.29. The summed E-state index contributed by atoms with van der Waals surface area (Å²) in [5, 5.41) is 21.4. The second-order valence-electron chi connectivity index (χ2n) is 10.3.